The van der Waals surface area contributed by atoms with Gasteiger partial charge in [-0.1, -0.05) is 12.1 Å². The smallest absolute Gasteiger partial charge is 0.360 e. The van der Waals surface area contributed by atoms with Crippen LogP contribution in [0.4, 0.5) is 0 Å². The van der Waals surface area contributed by atoms with Gasteiger partial charge in [0.05, 0.1) is 23.9 Å². The third kappa shape index (κ3) is 3.51. The van der Waals surface area contributed by atoms with E-state index in [1.54, 1.807) is 32.0 Å². The van der Waals surface area contributed by atoms with E-state index in [1.807, 2.05) is 19.9 Å². The quantitative estimate of drug-likeness (QED) is 0.793. The summed E-state index contributed by atoms with van der Waals surface area (Å²) < 4.78 is 6.49. The molecule has 2 rings (SSSR count). The molecule has 0 saturated heterocycles. The van der Waals surface area contributed by atoms with E-state index in [4.69, 9.17) is 14.8 Å². The third-order valence-electron chi connectivity index (χ3n) is 3.05. The highest BCUT2D eigenvalue weighted by Gasteiger charge is 2.24. The summed E-state index contributed by atoms with van der Waals surface area (Å²) in [6, 6.07) is 9.09. The van der Waals surface area contributed by atoms with E-state index in [9.17, 15) is 4.79 Å². The van der Waals surface area contributed by atoms with E-state index in [-0.39, 0.29) is 18.4 Å². The van der Waals surface area contributed by atoms with Crippen molar-refractivity contribution < 1.29 is 14.4 Å². The number of hydrogen-bond acceptors (Lipinski definition) is 5. The van der Waals surface area contributed by atoms with Crippen LogP contribution >= 0.6 is 0 Å². The SMILES string of the molecule is CCOC(=O)c1c(C)nc(-c2cccc(C#N)c2)n1OC(C)C. The molecule has 0 spiro atoms. The topological polar surface area (TPSA) is 77.1 Å². The zero-order chi connectivity index (χ0) is 17.0. The van der Waals surface area contributed by atoms with Crippen LogP contribution in [0, 0.1) is 18.3 Å². The van der Waals surface area contributed by atoms with Gasteiger partial charge in [0.15, 0.2) is 11.5 Å². The van der Waals surface area contributed by atoms with Gasteiger partial charge in [0.1, 0.15) is 6.10 Å². The first-order chi connectivity index (χ1) is 11.0. The second-order valence-electron chi connectivity index (χ2n) is 5.23. The molecule has 0 aliphatic carbocycles. The lowest BCUT2D eigenvalue weighted by Gasteiger charge is -2.15. The third-order valence-corrected chi connectivity index (χ3v) is 3.05. The van der Waals surface area contributed by atoms with Gasteiger partial charge in [-0.15, -0.1) is 0 Å². The van der Waals surface area contributed by atoms with Crippen LogP contribution in [-0.2, 0) is 4.74 Å². The van der Waals surface area contributed by atoms with Crippen molar-refractivity contribution in [3.63, 3.8) is 0 Å². The number of aromatic nitrogens is 2. The lowest BCUT2D eigenvalue weighted by Crippen LogP contribution is -2.25. The van der Waals surface area contributed by atoms with Crippen LogP contribution < -0.4 is 4.84 Å². The van der Waals surface area contributed by atoms with E-state index in [0.29, 0.717) is 22.6 Å². The fourth-order valence-electron chi connectivity index (χ4n) is 2.16. The average Bonchev–Trinajstić information content (AvgIpc) is 2.83. The average molecular weight is 313 g/mol. The van der Waals surface area contributed by atoms with Crippen molar-refractivity contribution in [2.45, 2.75) is 33.8 Å². The number of aryl methyl sites for hydroxylation is 1. The highest BCUT2D eigenvalue weighted by Crippen LogP contribution is 2.23. The van der Waals surface area contributed by atoms with Crippen LogP contribution in [0.1, 0.15) is 42.5 Å². The number of hydrogen-bond donors (Lipinski definition) is 0. The minimum Gasteiger partial charge on any atom is -0.461 e. The monoisotopic (exact) mass is 313 g/mol. The zero-order valence-electron chi connectivity index (χ0n) is 13.7. The number of benzene rings is 1. The molecule has 0 unspecified atom stereocenters. The fourth-order valence-corrected chi connectivity index (χ4v) is 2.16. The Bertz CT molecular complexity index is 757. The summed E-state index contributed by atoms with van der Waals surface area (Å²) >= 11 is 0. The molecule has 2 aromatic rings. The van der Waals surface area contributed by atoms with Gasteiger partial charge in [0.2, 0.25) is 0 Å². The first-order valence-electron chi connectivity index (χ1n) is 7.42. The zero-order valence-corrected chi connectivity index (χ0v) is 13.7. The van der Waals surface area contributed by atoms with Crippen molar-refractivity contribution in [2.24, 2.45) is 0 Å². The minimum absolute atomic E-state index is 0.158. The molecular formula is C17H19N3O3. The minimum atomic E-state index is -0.485. The van der Waals surface area contributed by atoms with Crippen molar-refractivity contribution in [1.29, 1.82) is 5.26 Å². The van der Waals surface area contributed by atoms with E-state index < -0.39 is 5.97 Å². The van der Waals surface area contributed by atoms with Crippen LogP contribution in [0.2, 0.25) is 0 Å². The van der Waals surface area contributed by atoms with Crippen molar-refractivity contribution in [1.82, 2.24) is 9.71 Å². The fraction of sp³-hybridized carbons (Fsp3) is 0.353. The molecule has 1 aromatic heterocycles. The maximum absolute atomic E-state index is 12.2. The molecular weight excluding hydrogens is 294 g/mol. The number of esters is 1. The highest BCUT2D eigenvalue weighted by atomic mass is 16.7. The van der Waals surface area contributed by atoms with E-state index >= 15 is 0 Å². The van der Waals surface area contributed by atoms with Gasteiger partial charge in [-0.25, -0.2) is 9.78 Å². The molecule has 120 valence electrons. The number of carbonyl (C=O) groups excluding carboxylic acids is 1. The molecule has 6 nitrogen and oxygen atoms in total. The molecule has 0 aliphatic heterocycles. The number of rotatable bonds is 5. The first kappa shape index (κ1) is 16.6. The van der Waals surface area contributed by atoms with E-state index in [1.165, 1.54) is 4.73 Å². The second kappa shape index (κ2) is 6.97. The lowest BCUT2D eigenvalue weighted by atomic mass is 10.1. The molecule has 0 amide bonds. The Hall–Kier alpha value is -2.81. The Morgan fingerprint density at radius 3 is 2.78 bits per heavy atom. The van der Waals surface area contributed by atoms with Gasteiger partial charge >= 0.3 is 5.97 Å². The molecule has 0 aliphatic rings. The number of nitriles is 1. The van der Waals surface area contributed by atoms with Crippen LogP contribution in [0.3, 0.4) is 0 Å². The maximum Gasteiger partial charge on any atom is 0.360 e. The van der Waals surface area contributed by atoms with Crippen LogP contribution in [0.15, 0.2) is 24.3 Å². The molecule has 0 atom stereocenters. The molecule has 6 heteroatoms. The van der Waals surface area contributed by atoms with E-state index in [0.717, 1.165) is 0 Å². The maximum atomic E-state index is 12.2. The van der Waals surface area contributed by atoms with Crippen molar-refractivity contribution in [2.75, 3.05) is 6.61 Å². The number of ether oxygens (including phenoxy) is 1. The summed E-state index contributed by atoms with van der Waals surface area (Å²) in [5.41, 5.74) is 1.99. The van der Waals surface area contributed by atoms with Crippen LogP contribution in [0.25, 0.3) is 11.4 Å². The summed E-state index contributed by atoms with van der Waals surface area (Å²) in [7, 11) is 0. The molecule has 0 N–H and O–H groups in total. The molecule has 0 bridgehead atoms. The lowest BCUT2D eigenvalue weighted by molar-refractivity contribution is 0.0344. The Morgan fingerprint density at radius 2 is 2.17 bits per heavy atom. The Labute approximate surface area is 135 Å². The van der Waals surface area contributed by atoms with Gasteiger partial charge in [-0.3, -0.25) is 0 Å². The largest absolute Gasteiger partial charge is 0.461 e. The Balaban J connectivity index is 2.61. The second-order valence-corrected chi connectivity index (χ2v) is 5.23. The summed E-state index contributed by atoms with van der Waals surface area (Å²) in [4.78, 5) is 22.4. The first-order valence-corrected chi connectivity index (χ1v) is 7.42. The van der Waals surface area contributed by atoms with Gasteiger partial charge in [-0.2, -0.15) is 9.99 Å². The Kier molecular flexibility index (Phi) is 5.02. The molecule has 23 heavy (non-hydrogen) atoms. The predicted molar refractivity (Wildman–Crippen MR) is 84.8 cm³/mol. The Morgan fingerprint density at radius 1 is 1.43 bits per heavy atom. The normalized spacial score (nSPS) is 10.4. The molecule has 0 radical (unpaired) electrons. The summed E-state index contributed by atoms with van der Waals surface area (Å²) in [6.45, 7) is 7.46. The van der Waals surface area contributed by atoms with Crippen LogP contribution in [0.5, 0.6) is 0 Å². The molecule has 1 aromatic carbocycles. The predicted octanol–water partition coefficient (Wildman–Crippen LogP) is 2.74. The standard InChI is InChI=1S/C17H19N3O3/c1-5-22-17(21)15-12(4)19-16(20(15)23-11(2)3)14-8-6-7-13(9-14)10-18/h6-9,11H,5H2,1-4H3. The van der Waals surface area contributed by atoms with Crippen molar-refractivity contribution >= 4 is 5.97 Å². The number of imidazole rings is 1. The van der Waals surface area contributed by atoms with Crippen molar-refractivity contribution in [3.05, 3.63) is 41.2 Å². The van der Waals surface area contributed by atoms with Gasteiger partial charge in [0.25, 0.3) is 0 Å². The molecule has 0 saturated carbocycles. The number of carbonyl (C=O) groups is 1. The molecule has 0 fully saturated rings. The summed E-state index contributed by atoms with van der Waals surface area (Å²) in [5, 5.41) is 9.06. The summed E-state index contributed by atoms with van der Waals surface area (Å²) in [5.74, 6) is -0.0165. The number of nitrogens with zero attached hydrogens (tertiary/aromatic N) is 3. The van der Waals surface area contributed by atoms with Crippen molar-refractivity contribution in [3.8, 4) is 17.5 Å². The highest BCUT2D eigenvalue weighted by molar-refractivity contribution is 5.89. The van der Waals surface area contributed by atoms with Gasteiger partial charge in [0, 0.05) is 5.56 Å². The van der Waals surface area contributed by atoms with Gasteiger partial charge in [-0.05, 0) is 39.8 Å². The summed E-state index contributed by atoms with van der Waals surface area (Å²) in [6.07, 6.45) is -0.158. The van der Waals surface area contributed by atoms with Crippen LogP contribution in [-0.4, -0.2) is 28.4 Å². The van der Waals surface area contributed by atoms with E-state index in [2.05, 4.69) is 11.1 Å². The molecule has 1 heterocycles. The van der Waals surface area contributed by atoms with Gasteiger partial charge < -0.3 is 9.57 Å².